The second-order valence-electron chi connectivity index (χ2n) is 3.95. The molecule has 3 aromatic rings. The lowest BCUT2D eigenvalue weighted by molar-refractivity contribution is 0.103. The lowest BCUT2D eigenvalue weighted by Gasteiger charge is -2.04. The van der Waals surface area contributed by atoms with Crippen LogP contribution in [0, 0.1) is 6.92 Å². The Kier molecular flexibility index (Phi) is 2.64. The summed E-state index contributed by atoms with van der Waals surface area (Å²) < 4.78 is 0. The number of hydrogen-bond acceptors (Lipinski definition) is 4. The third-order valence-corrected chi connectivity index (χ3v) is 3.57. The maximum absolute atomic E-state index is 12.3. The number of thiophene rings is 1. The molecule has 88 valence electrons. The average molecular weight is 254 g/mol. The summed E-state index contributed by atoms with van der Waals surface area (Å²) in [5.41, 5.74) is 2.68. The molecule has 0 saturated heterocycles. The van der Waals surface area contributed by atoms with E-state index in [-0.39, 0.29) is 5.78 Å². The summed E-state index contributed by atoms with van der Waals surface area (Å²) in [6.45, 7) is 1.82. The predicted molar refractivity (Wildman–Crippen MR) is 72.0 cm³/mol. The second kappa shape index (κ2) is 4.31. The average Bonchev–Trinajstić information content (AvgIpc) is 2.91. The van der Waals surface area contributed by atoms with Crippen LogP contribution in [0.3, 0.4) is 0 Å². The third kappa shape index (κ3) is 1.80. The first-order valence-electron chi connectivity index (χ1n) is 5.57. The molecule has 0 atom stereocenters. The van der Waals surface area contributed by atoms with Gasteiger partial charge >= 0.3 is 0 Å². The monoisotopic (exact) mass is 254 g/mol. The first-order chi connectivity index (χ1) is 8.75. The number of fused-ring (bicyclic) bond motifs is 1. The van der Waals surface area contributed by atoms with Gasteiger partial charge in [0.15, 0.2) is 0 Å². The fourth-order valence-electron chi connectivity index (χ4n) is 1.83. The van der Waals surface area contributed by atoms with Gasteiger partial charge in [-0.05, 0) is 30.5 Å². The van der Waals surface area contributed by atoms with E-state index in [4.69, 9.17) is 0 Å². The smallest absolute Gasteiger partial charge is 0.223 e. The fourth-order valence-corrected chi connectivity index (χ4v) is 2.49. The molecule has 0 aliphatic heterocycles. The Morgan fingerprint density at radius 1 is 1.06 bits per heavy atom. The van der Waals surface area contributed by atoms with Crippen LogP contribution in [0.5, 0.6) is 0 Å². The van der Waals surface area contributed by atoms with Gasteiger partial charge in [0, 0.05) is 0 Å². The Hall–Kier alpha value is -2.07. The molecule has 2 heterocycles. The zero-order chi connectivity index (χ0) is 12.5. The van der Waals surface area contributed by atoms with Gasteiger partial charge in [0.25, 0.3) is 0 Å². The minimum atomic E-state index is -0.0549. The Bertz CT molecular complexity index is 720. The van der Waals surface area contributed by atoms with Crippen molar-refractivity contribution in [2.24, 2.45) is 0 Å². The van der Waals surface area contributed by atoms with Crippen molar-refractivity contribution in [3.8, 4) is 0 Å². The van der Waals surface area contributed by atoms with Gasteiger partial charge in [-0.1, -0.05) is 18.2 Å². The van der Waals surface area contributed by atoms with E-state index in [9.17, 15) is 4.79 Å². The Morgan fingerprint density at radius 2 is 1.78 bits per heavy atom. The van der Waals surface area contributed by atoms with Gasteiger partial charge in [-0.25, -0.2) is 9.97 Å². The summed E-state index contributed by atoms with van der Waals surface area (Å²) >= 11 is 1.42. The van der Waals surface area contributed by atoms with Crippen molar-refractivity contribution < 1.29 is 4.79 Å². The van der Waals surface area contributed by atoms with Crippen molar-refractivity contribution in [1.29, 1.82) is 0 Å². The molecule has 0 aliphatic rings. The molecule has 0 spiro atoms. The number of rotatable bonds is 2. The number of carbonyl (C=O) groups excluding carboxylic acids is 1. The molecule has 0 radical (unpaired) electrons. The molecular formula is C14H10N2OS. The number of aromatic nitrogens is 2. The van der Waals surface area contributed by atoms with Crippen molar-refractivity contribution in [2.45, 2.75) is 6.92 Å². The predicted octanol–water partition coefficient (Wildman–Crippen LogP) is 3.23. The molecule has 2 aromatic heterocycles. The normalized spacial score (nSPS) is 10.7. The van der Waals surface area contributed by atoms with Crippen LogP contribution < -0.4 is 0 Å². The minimum absolute atomic E-state index is 0.0549. The largest absolute Gasteiger partial charge is 0.286 e. The van der Waals surface area contributed by atoms with Gasteiger partial charge in [0.2, 0.25) is 5.78 Å². The minimum Gasteiger partial charge on any atom is -0.286 e. The quantitative estimate of drug-likeness (QED) is 0.659. The van der Waals surface area contributed by atoms with Crippen LogP contribution in [0.15, 0.2) is 41.8 Å². The highest BCUT2D eigenvalue weighted by atomic mass is 32.1. The topological polar surface area (TPSA) is 42.9 Å². The molecule has 0 fully saturated rings. The number of benzene rings is 1. The highest BCUT2D eigenvalue weighted by Crippen LogP contribution is 2.18. The summed E-state index contributed by atoms with van der Waals surface area (Å²) in [4.78, 5) is 21.8. The zero-order valence-corrected chi connectivity index (χ0v) is 10.6. The Balaban J connectivity index is 2.17. The first kappa shape index (κ1) is 11.0. The van der Waals surface area contributed by atoms with Gasteiger partial charge in [-0.3, -0.25) is 4.79 Å². The number of hydrogen-bond donors (Lipinski definition) is 0. The molecule has 18 heavy (non-hydrogen) atoms. The molecule has 0 amide bonds. The van der Waals surface area contributed by atoms with Gasteiger partial charge in [-0.2, -0.15) is 0 Å². The molecule has 0 N–H and O–H groups in total. The van der Waals surface area contributed by atoms with Crippen molar-refractivity contribution in [1.82, 2.24) is 9.97 Å². The molecule has 0 saturated carbocycles. The van der Waals surface area contributed by atoms with Crippen molar-refractivity contribution in [2.75, 3.05) is 0 Å². The van der Waals surface area contributed by atoms with Gasteiger partial charge in [0.1, 0.15) is 5.69 Å². The molecule has 3 nitrogen and oxygen atoms in total. The number of aryl methyl sites for hydroxylation is 1. The number of carbonyl (C=O) groups is 1. The van der Waals surface area contributed by atoms with Crippen molar-refractivity contribution in [3.05, 3.63) is 58.0 Å². The standard InChI is InChI=1S/C14H10N2OS/c1-9-13(14(17)12-7-4-8-18-12)16-11-6-3-2-5-10(11)15-9/h2-8H,1H3. The molecule has 3 rings (SSSR count). The van der Waals surface area contributed by atoms with E-state index < -0.39 is 0 Å². The van der Waals surface area contributed by atoms with Crippen LogP contribution in [0.1, 0.15) is 21.1 Å². The highest BCUT2D eigenvalue weighted by molar-refractivity contribution is 7.12. The second-order valence-corrected chi connectivity index (χ2v) is 4.90. The van der Waals surface area contributed by atoms with Crippen LogP contribution in [-0.4, -0.2) is 15.8 Å². The Labute approximate surface area is 108 Å². The maximum atomic E-state index is 12.3. The number of nitrogens with zero attached hydrogens (tertiary/aromatic N) is 2. The zero-order valence-electron chi connectivity index (χ0n) is 9.75. The molecule has 0 unspecified atom stereocenters. The molecule has 0 aliphatic carbocycles. The molecular weight excluding hydrogens is 244 g/mol. The number of ketones is 1. The Morgan fingerprint density at radius 3 is 2.44 bits per heavy atom. The third-order valence-electron chi connectivity index (χ3n) is 2.70. The van der Waals surface area contributed by atoms with Gasteiger partial charge < -0.3 is 0 Å². The van der Waals surface area contributed by atoms with Crippen LogP contribution >= 0.6 is 11.3 Å². The van der Waals surface area contributed by atoms with Crippen LogP contribution in [-0.2, 0) is 0 Å². The van der Waals surface area contributed by atoms with Crippen LogP contribution in [0.4, 0.5) is 0 Å². The van der Waals surface area contributed by atoms with E-state index >= 15 is 0 Å². The van der Waals surface area contributed by atoms with E-state index in [1.165, 1.54) is 11.3 Å². The lowest BCUT2D eigenvalue weighted by atomic mass is 10.2. The van der Waals surface area contributed by atoms with E-state index in [1.807, 2.05) is 48.7 Å². The highest BCUT2D eigenvalue weighted by Gasteiger charge is 2.16. The summed E-state index contributed by atoms with van der Waals surface area (Å²) in [5, 5.41) is 1.89. The van der Waals surface area contributed by atoms with Crippen molar-refractivity contribution in [3.63, 3.8) is 0 Å². The van der Waals surface area contributed by atoms with E-state index in [0.717, 1.165) is 11.0 Å². The fraction of sp³-hybridized carbons (Fsp3) is 0.0714. The van der Waals surface area contributed by atoms with Gasteiger partial charge in [-0.15, -0.1) is 11.3 Å². The molecule has 0 bridgehead atoms. The van der Waals surface area contributed by atoms with E-state index in [1.54, 1.807) is 0 Å². The summed E-state index contributed by atoms with van der Waals surface area (Å²) in [5.74, 6) is -0.0549. The number of para-hydroxylation sites is 2. The SMILES string of the molecule is Cc1nc2ccccc2nc1C(=O)c1cccs1. The molecule has 4 heteroatoms. The summed E-state index contributed by atoms with van der Waals surface area (Å²) in [6.07, 6.45) is 0. The van der Waals surface area contributed by atoms with Crippen LogP contribution in [0.2, 0.25) is 0 Å². The summed E-state index contributed by atoms with van der Waals surface area (Å²) in [7, 11) is 0. The van der Waals surface area contributed by atoms with Gasteiger partial charge in [0.05, 0.1) is 21.6 Å². The molecule has 1 aromatic carbocycles. The summed E-state index contributed by atoms with van der Waals surface area (Å²) in [6, 6.07) is 11.2. The van der Waals surface area contributed by atoms with Crippen molar-refractivity contribution >= 4 is 28.2 Å². The van der Waals surface area contributed by atoms with E-state index in [2.05, 4.69) is 9.97 Å². The maximum Gasteiger partial charge on any atom is 0.223 e. The van der Waals surface area contributed by atoms with Crippen LogP contribution in [0.25, 0.3) is 11.0 Å². The lowest BCUT2D eigenvalue weighted by Crippen LogP contribution is -2.07. The first-order valence-corrected chi connectivity index (χ1v) is 6.45. The van der Waals surface area contributed by atoms with E-state index in [0.29, 0.717) is 16.3 Å².